The van der Waals surface area contributed by atoms with Gasteiger partial charge in [0.05, 0.1) is 5.56 Å². The minimum absolute atomic E-state index is 0.329. The Balaban J connectivity index is 2.00. The van der Waals surface area contributed by atoms with Crippen LogP contribution in [-0.2, 0) is 13.1 Å². The molecule has 0 amide bonds. The molecule has 0 atom stereocenters. The Morgan fingerprint density at radius 2 is 1.48 bits per heavy atom. The molecular weight excluding hydrogens is 262 g/mol. The molecule has 3 heteroatoms. The SMILES string of the molecule is Cc1cc(C)cc(CN(C)Cc2ccc(C(=O)O)cc2)c1. The Bertz CT molecular complexity index is 612. The van der Waals surface area contributed by atoms with Crippen LogP contribution in [0, 0.1) is 13.8 Å². The van der Waals surface area contributed by atoms with Gasteiger partial charge in [-0.3, -0.25) is 4.90 Å². The number of nitrogens with zero attached hydrogens (tertiary/aromatic N) is 1. The molecule has 0 bridgehead atoms. The van der Waals surface area contributed by atoms with E-state index >= 15 is 0 Å². The van der Waals surface area contributed by atoms with Gasteiger partial charge in [0.25, 0.3) is 0 Å². The van der Waals surface area contributed by atoms with Crippen LogP contribution in [0.15, 0.2) is 42.5 Å². The molecule has 2 rings (SSSR count). The monoisotopic (exact) mass is 283 g/mol. The fourth-order valence-electron chi connectivity index (χ4n) is 2.59. The summed E-state index contributed by atoms with van der Waals surface area (Å²) in [5, 5.41) is 8.89. The Labute approximate surface area is 125 Å². The molecular formula is C18H21NO2. The summed E-state index contributed by atoms with van der Waals surface area (Å²) in [7, 11) is 2.07. The zero-order chi connectivity index (χ0) is 15.4. The molecule has 0 aliphatic carbocycles. The standard InChI is InChI=1S/C18H21NO2/c1-13-8-14(2)10-16(9-13)12-19(3)11-15-4-6-17(7-5-15)18(20)21/h4-10H,11-12H2,1-3H3,(H,20,21). The third-order valence-corrected chi connectivity index (χ3v) is 3.39. The molecule has 0 unspecified atom stereocenters. The molecule has 21 heavy (non-hydrogen) atoms. The van der Waals surface area contributed by atoms with Gasteiger partial charge in [0.15, 0.2) is 0 Å². The highest BCUT2D eigenvalue weighted by Crippen LogP contribution is 2.13. The lowest BCUT2D eigenvalue weighted by Crippen LogP contribution is -2.17. The Kier molecular flexibility index (Phi) is 4.76. The predicted octanol–water partition coefficient (Wildman–Crippen LogP) is 3.63. The largest absolute Gasteiger partial charge is 0.478 e. The van der Waals surface area contributed by atoms with Crippen molar-refractivity contribution in [2.45, 2.75) is 26.9 Å². The molecule has 0 saturated heterocycles. The van der Waals surface area contributed by atoms with E-state index < -0.39 is 5.97 Å². The number of carboxylic acid groups (broad SMARTS) is 1. The highest BCUT2D eigenvalue weighted by atomic mass is 16.4. The van der Waals surface area contributed by atoms with Crippen LogP contribution in [-0.4, -0.2) is 23.0 Å². The second-order valence-corrected chi connectivity index (χ2v) is 5.67. The zero-order valence-corrected chi connectivity index (χ0v) is 12.8. The molecule has 0 fully saturated rings. The van der Waals surface area contributed by atoms with Crippen LogP contribution >= 0.6 is 0 Å². The van der Waals surface area contributed by atoms with E-state index in [9.17, 15) is 4.79 Å². The van der Waals surface area contributed by atoms with E-state index in [4.69, 9.17) is 5.11 Å². The third-order valence-electron chi connectivity index (χ3n) is 3.39. The van der Waals surface area contributed by atoms with Crippen molar-refractivity contribution in [3.8, 4) is 0 Å². The van der Waals surface area contributed by atoms with Gasteiger partial charge in [0, 0.05) is 13.1 Å². The van der Waals surface area contributed by atoms with E-state index in [1.54, 1.807) is 12.1 Å². The molecule has 0 spiro atoms. The Morgan fingerprint density at radius 1 is 0.952 bits per heavy atom. The summed E-state index contributed by atoms with van der Waals surface area (Å²) < 4.78 is 0. The van der Waals surface area contributed by atoms with Crippen LogP contribution in [0.2, 0.25) is 0 Å². The van der Waals surface area contributed by atoms with Gasteiger partial charge in [-0.15, -0.1) is 0 Å². The van der Waals surface area contributed by atoms with Gasteiger partial charge in [-0.2, -0.15) is 0 Å². The molecule has 0 heterocycles. The van der Waals surface area contributed by atoms with Crippen molar-refractivity contribution in [2.75, 3.05) is 7.05 Å². The van der Waals surface area contributed by atoms with Gasteiger partial charge in [-0.05, 0) is 44.2 Å². The van der Waals surface area contributed by atoms with Gasteiger partial charge >= 0.3 is 5.97 Å². The normalized spacial score (nSPS) is 10.9. The van der Waals surface area contributed by atoms with Crippen molar-refractivity contribution >= 4 is 5.97 Å². The number of aromatic carboxylic acids is 1. The topological polar surface area (TPSA) is 40.5 Å². The van der Waals surface area contributed by atoms with E-state index in [2.05, 4.69) is 44.0 Å². The summed E-state index contributed by atoms with van der Waals surface area (Å²) in [4.78, 5) is 13.1. The average molecular weight is 283 g/mol. The lowest BCUT2D eigenvalue weighted by Gasteiger charge is -2.17. The maximum absolute atomic E-state index is 10.8. The minimum Gasteiger partial charge on any atom is -0.478 e. The Hall–Kier alpha value is -2.13. The highest BCUT2D eigenvalue weighted by molar-refractivity contribution is 5.87. The molecule has 0 radical (unpaired) electrons. The van der Waals surface area contributed by atoms with Crippen molar-refractivity contribution in [1.82, 2.24) is 4.90 Å². The van der Waals surface area contributed by atoms with Gasteiger partial charge in [0.1, 0.15) is 0 Å². The fraction of sp³-hybridized carbons (Fsp3) is 0.278. The van der Waals surface area contributed by atoms with Crippen LogP contribution in [0.4, 0.5) is 0 Å². The molecule has 110 valence electrons. The van der Waals surface area contributed by atoms with E-state index in [1.807, 2.05) is 12.1 Å². The van der Waals surface area contributed by atoms with Crippen LogP contribution in [0.25, 0.3) is 0 Å². The number of hydrogen-bond acceptors (Lipinski definition) is 2. The lowest BCUT2D eigenvalue weighted by atomic mass is 10.1. The number of aryl methyl sites for hydroxylation is 2. The van der Waals surface area contributed by atoms with E-state index in [0.29, 0.717) is 5.56 Å². The zero-order valence-electron chi connectivity index (χ0n) is 12.8. The number of hydrogen-bond donors (Lipinski definition) is 1. The van der Waals surface area contributed by atoms with Gasteiger partial charge in [-0.25, -0.2) is 4.79 Å². The van der Waals surface area contributed by atoms with Crippen molar-refractivity contribution in [3.05, 3.63) is 70.3 Å². The van der Waals surface area contributed by atoms with Gasteiger partial charge in [-0.1, -0.05) is 41.5 Å². The van der Waals surface area contributed by atoms with Crippen molar-refractivity contribution < 1.29 is 9.90 Å². The Morgan fingerprint density at radius 3 is 2.00 bits per heavy atom. The molecule has 2 aromatic carbocycles. The third kappa shape index (κ3) is 4.43. The quantitative estimate of drug-likeness (QED) is 0.911. The van der Waals surface area contributed by atoms with Crippen LogP contribution in [0.3, 0.4) is 0 Å². The number of carbonyl (C=O) groups is 1. The summed E-state index contributed by atoms with van der Waals surface area (Å²) in [5.74, 6) is -0.884. The van der Waals surface area contributed by atoms with Crippen LogP contribution in [0.1, 0.15) is 32.6 Å². The van der Waals surface area contributed by atoms with E-state index in [-0.39, 0.29) is 0 Å². The van der Waals surface area contributed by atoms with Crippen molar-refractivity contribution in [3.63, 3.8) is 0 Å². The first-order valence-electron chi connectivity index (χ1n) is 7.02. The highest BCUT2D eigenvalue weighted by Gasteiger charge is 2.05. The number of benzene rings is 2. The fourth-order valence-corrected chi connectivity index (χ4v) is 2.59. The van der Waals surface area contributed by atoms with Gasteiger partial charge in [0.2, 0.25) is 0 Å². The smallest absolute Gasteiger partial charge is 0.335 e. The maximum Gasteiger partial charge on any atom is 0.335 e. The molecule has 3 nitrogen and oxygen atoms in total. The summed E-state index contributed by atoms with van der Waals surface area (Å²) in [6, 6.07) is 13.6. The molecule has 0 aromatic heterocycles. The van der Waals surface area contributed by atoms with E-state index in [1.165, 1.54) is 16.7 Å². The molecule has 0 saturated carbocycles. The van der Waals surface area contributed by atoms with Crippen molar-refractivity contribution in [2.24, 2.45) is 0 Å². The van der Waals surface area contributed by atoms with Crippen LogP contribution < -0.4 is 0 Å². The molecule has 0 aliphatic rings. The average Bonchev–Trinajstić information content (AvgIpc) is 2.37. The molecule has 1 N–H and O–H groups in total. The van der Waals surface area contributed by atoms with Gasteiger partial charge < -0.3 is 5.11 Å². The molecule has 2 aromatic rings. The second-order valence-electron chi connectivity index (χ2n) is 5.67. The van der Waals surface area contributed by atoms with Crippen molar-refractivity contribution in [1.29, 1.82) is 0 Å². The first-order chi connectivity index (χ1) is 9.94. The summed E-state index contributed by atoms with van der Waals surface area (Å²) >= 11 is 0. The van der Waals surface area contributed by atoms with E-state index in [0.717, 1.165) is 18.7 Å². The minimum atomic E-state index is -0.884. The summed E-state index contributed by atoms with van der Waals surface area (Å²) in [5.41, 5.74) is 5.31. The summed E-state index contributed by atoms with van der Waals surface area (Å²) in [6.45, 7) is 5.90. The molecule has 0 aliphatic heterocycles. The predicted molar refractivity (Wildman–Crippen MR) is 84.5 cm³/mol. The maximum atomic E-state index is 10.8. The number of carboxylic acids is 1. The lowest BCUT2D eigenvalue weighted by molar-refractivity contribution is 0.0697. The second kappa shape index (κ2) is 6.55. The number of rotatable bonds is 5. The first-order valence-corrected chi connectivity index (χ1v) is 7.02. The van der Waals surface area contributed by atoms with Crippen LogP contribution in [0.5, 0.6) is 0 Å². The first kappa shape index (κ1) is 15.3. The summed E-state index contributed by atoms with van der Waals surface area (Å²) in [6.07, 6.45) is 0.